The number of anilines is 1. The average molecular weight is 378 g/mol. The average Bonchev–Trinajstić information content (AvgIpc) is 3.22. The summed E-state index contributed by atoms with van der Waals surface area (Å²) in [6.45, 7) is 3.82. The minimum absolute atomic E-state index is 0.0560. The smallest absolute Gasteiger partial charge is 0.321 e. The third kappa shape index (κ3) is 3.39. The third-order valence-corrected chi connectivity index (χ3v) is 5.44. The number of likely N-dealkylation sites (tertiary alicyclic amines) is 1. The lowest BCUT2D eigenvalue weighted by Gasteiger charge is -2.36. The summed E-state index contributed by atoms with van der Waals surface area (Å²) < 4.78 is 37.8. The molecule has 2 aliphatic heterocycles. The number of carbonyl (C=O) groups excluding carboxylic acids is 1. The summed E-state index contributed by atoms with van der Waals surface area (Å²) in [6, 6.07) is 2.61. The lowest BCUT2D eigenvalue weighted by Crippen LogP contribution is -2.38. The molecule has 1 spiro atoms. The number of benzene rings is 1. The van der Waals surface area contributed by atoms with Gasteiger partial charge in [0.15, 0.2) is 5.82 Å². The minimum atomic E-state index is -0.813. The molecule has 4 rings (SSSR count). The molecule has 1 unspecified atom stereocenters. The molecule has 1 atom stereocenters. The Morgan fingerprint density at radius 3 is 2.78 bits per heavy atom. The molecule has 1 N–H and O–H groups in total. The van der Waals surface area contributed by atoms with Gasteiger partial charge in [0.25, 0.3) is 0 Å². The number of ether oxygens (including phenoxy) is 1. The fourth-order valence-electron chi connectivity index (χ4n) is 3.99. The van der Waals surface area contributed by atoms with Crippen molar-refractivity contribution in [2.24, 2.45) is 5.41 Å². The summed E-state index contributed by atoms with van der Waals surface area (Å²) in [6.07, 6.45) is 1.54. The highest BCUT2D eigenvalue weighted by Gasteiger charge is 2.51. The van der Waals surface area contributed by atoms with Crippen molar-refractivity contribution in [1.29, 1.82) is 0 Å². The molecule has 1 aromatic carbocycles. The quantitative estimate of drug-likeness (QED) is 0.869. The summed E-state index contributed by atoms with van der Waals surface area (Å²) in [7, 11) is 0. The zero-order chi connectivity index (χ0) is 19.0. The first-order valence-electron chi connectivity index (χ1n) is 8.86. The number of amides is 2. The van der Waals surface area contributed by atoms with E-state index in [2.05, 4.69) is 15.5 Å². The van der Waals surface area contributed by atoms with E-state index in [1.165, 1.54) is 6.07 Å². The maximum atomic E-state index is 13.9. The number of carbonyl (C=O) groups is 1. The second-order valence-electron chi connectivity index (χ2n) is 7.14. The van der Waals surface area contributed by atoms with Gasteiger partial charge in [-0.1, -0.05) is 5.16 Å². The van der Waals surface area contributed by atoms with Crippen molar-refractivity contribution in [3.63, 3.8) is 0 Å². The lowest BCUT2D eigenvalue weighted by atomic mass is 9.72. The van der Waals surface area contributed by atoms with Crippen LogP contribution >= 0.6 is 0 Å². The Labute approximate surface area is 154 Å². The van der Waals surface area contributed by atoms with Gasteiger partial charge in [-0.3, -0.25) is 0 Å². The zero-order valence-corrected chi connectivity index (χ0v) is 14.9. The summed E-state index contributed by atoms with van der Waals surface area (Å²) in [4.78, 5) is 18.7. The molecule has 3 heterocycles. The van der Waals surface area contributed by atoms with Gasteiger partial charge in [0.2, 0.25) is 5.89 Å². The second-order valence-corrected chi connectivity index (χ2v) is 7.14. The van der Waals surface area contributed by atoms with E-state index >= 15 is 0 Å². The van der Waals surface area contributed by atoms with Crippen LogP contribution in [0.2, 0.25) is 0 Å². The lowest BCUT2D eigenvalue weighted by molar-refractivity contribution is 0.00959. The van der Waals surface area contributed by atoms with Crippen molar-refractivity contribution in [2.75, 3.05) is 31.6 Å². The van der Waals surface area contributed by atoms with E-state index in [0.29, 0.717) is 38.0 Å². The van der Waals surface area contributed by atoms with E-state index in [-0.39, 0.29) is 17.0 Å². The van der Waals surface area contributed by atoms with Crippen LogP contribution in [0.15, 0.2) is 22.7 Å². The molecule has 0 saturated carbocycles. The van der Waals surface area contributed by atoms with Gasteiger partial charge in [-0.15, -0.1) is 0 Å². The van der Waals surface area contributed by atoms with Crippen molar-refractivity contribution in [3.05, 3.63) is 41.5 Å². The fraction of sp³-hybridized carbons (Fsp3) is 0.500. The number of hydrogen-bond donors (Lipinski definition) is 1. The predicted octanol–water partition coefficient (Wildman–Crippen LogP) is 3.08. The normalized spacial score (nSPS) is 21.6. The van der Waals surface area contributed by atoms with Crippen molar-refractivity contribution in [3.8, 4) is 0 Å². The monoisotopic (exact) mass is 378 g/mol. The Morgan fingerprint density at radius 2 is 2.11 bits per heavy atom. The standard InChI is InChI=1S/C18H20F2N4O3/c1-11-21-16(27-23-11)13-9-24(10-18(13)4-6-26-7-5-18)17(25)22-15-3-2-12(19)8-14(15)20/h2-3,8,13H,4-7,9-10H2,1H3,(H,22,25). The molecule has 2 amide bonds. The van der Waals surface area contributed by atoms with Crippen LogP contribution in [0.25, 0.3) is 0 Å². The van der Waals surface area contributed by atoms with Crippen LogP contribution in [-0.2, 0) is 4.74 Å². The van der Waals surface area contributed by atoms with Gasteiger partial charge in [-0.05, 0) is 31.9 Å². The zero-order valence-electron chi connectivity index (χ0n) is 14.9. The number of aryl methyl sites for hydroxylation is 1. The molecule has 2 aliphatic rings. The predicted molar refractivity (Wildman–Crippen MR) is 91.2 cm³/mol. The molecule has 2 aromatic rings. The molecule has 144 valence electrons. The first-order valence-corrected chi connectivity index (χ1v) is 8.86. The molecule has 0 aliphatic carbocycles. The number of hydrogen-bond acceptors (Lipinski definition) is 5. The molecule has 0 radical (unpaired) electrons. The van der Waals surface area contributed by atoms with Crippen LogP contribution in [0, 0.1) is 24.0 Å². The highest BCUT2D eigenvalue weighted by molar-refractivity contribution is 5.89. The van der Waals surface area contributed by atoms with E-state index < -0.39 is 17.7 Å². The van der Waals surface area contributed by atoms with Crippen LogP contribution in [0.3, 0.4) is 0 Å². The summed E-state index contributed by atoms with van der Waals surface area (Å²) in [5.41, 5.74) is -0.268. The number of urea groups is 1. The second kappa shape index (κ2) is 6.88. The minimum Gasteiger partial charge on any atom is -0.381 e. The van der Waals surface area contributed by atoms with Crippen molar-refractivity contribution < 1.29 is 22.8 Å². The Bertz CT molecular complexity index is 851. The summed E-state index contributed by atoms with van der Waals surface area (Å²) in [5.74, 6) is -0.556. The largest absolute Gasteiger partial charge is 0.381 e. The molecular formula is C18H20F2N4O3. The Kier molecular flexibility index (Phi) is 4.55. The third-order valence-electron chi connectivity index (χ3n) is 5.44. The molecule has 0 bridgehead atoms. The number of nitrogens with zero attached hydrogens (tertiary/aromatic N) is 3. The molecule has 9 heteroatoms. The maximum Gasteiger partial charge on any atom is 0.321 e. The van der Waals surface area contributed by atoms with Crippen molar-refractivity contribution in [1.82, 2.24) is 15.0 Å². The van der Waals surface area contributed by atoms with Crippen LogP contribution < -0.4 is 5.32 Å². The number of nitrogens with one attached hydrogen (secondary N) is 1. The Balaban J connectivity index is 1.56. The topological polar surface area (TPSA) is 80.5 Å². The van der Waals surface area contributed by atoms with Crippen LogP contribution in [0.5, 0.6) is 0 Å². The van der Waals surface area contributed by atoms with Gasteiger partial charge < -0.3 is 19.5 Å². The molecule has 1 aromatic heterocycles. The highest BCUT2D eigenvalue weighted by Crippen LogP contribution is 2.49. The SMILES string of the molecule is Cc1noc(C2CN(C(=O)Nc3ccc(F)cc3F)CC23CCOCC3)n1. The van der Waals surface area contributed by atoms with Crippen molar-refractivity contribution in [2.45, 2.75) is 25.7 Å². The molecule has 2 saturated heterocycles. The Morgan fingerprint density at radius 1 is 1.33 bits per heavy atom. The van der Waals surface area contributed by atoms with Gasteiger partial charge in [-0.25, -0.2) is 13.6 Å². The fourth-order valence-corrected chi connectivity index (χ4v) is 3.99. The van der Waals surface area contributed by atoms with E-state index in [9.17, 15) is 13.6 Å². The van der Waals surface area contributed by atoms with E-state index in [4.69, 9.17) is 9.26 Å². The van der Waals surface area contributed by atoms with Crippen LogP contribution in [0.4, 0.5) is 19.3 Å². The van der Waals surface area contributed by atoms with Crippen LogP contribution in [-0.4, -0.2) is 47.4 Å². The van der Waals surface area contributed by atoms with Gasteiger partial charge in [0.1, 0.15) is 11.6 Å². The van der Waals surface area contributed by atoms with Gasteiger partial charge in [0.05, 0.1) is 11.6 Å². The van der Waals surface area contributed by atoms with E-state index in [0.717, 1.165) is 25.0 Å². The number of rotatable bonds is 2. The van der Waals surface area contributed by atoms with Gasteiger partial charge >= 0.3 is 6.03 Å². The molecule has 27 heavy (non-hydrogen) atoms. The van der Waals surface area contributed by atoms with Crippen LogP contribution in [0.1, 0.15) is 30.5 Å². The van der Waals surface area contributed by atoms with Crippen molar-refractivity contribution >= 4 is 11.7 Å². The highest BCUT2D eigenvalue weighted by atomic mass is 19.1. The first kappa shape index (κ1) is 17.8. The van der Waals surface area contributed by atoms with E-state index in [1.54, 1.807) is 11.8 Å². The molecule has 2 fully saturated rings. The number of halogens is 2. The number of aromatic nitrogens is 2. The summed E-state index contributed by atoms with van der Waals surface area (Å²) in [5, 5.41) is 6.40. The maximum absolute atomic E-state index is 13.9. The molecular weight excluding hydrogens is 358 g/mol. The first-order chi connectivity index (χ1) is 13.0. The molecule has 7 nitrogen and oxygen atoms in total. The Hall–Kier alpha value is -2.55. The van der Waals surface area contributed by atoms with Gasteiger partial charge in [0, 0.05) is 37.8 Å². The van der Waals surface area contributed by atoms with Gasteiger partial charge in [-0.2, -0.15) is 4.98 Å². The van der Waals surface area contributed by atoms with E-state index in [1.807, 2.05) is 0 Å². The summed E-state index contributed by atoms with van der Waals surface area (Å²) >= 11 is 0.